The third-order valence-corrected chi connectivity index (χ3v) is 1.81. The van der Waals surface area contributed by atoms with Crippen molar-refractivity contribution < 1.29 is 9.13 Å². The van der Waals surface area contributed by atoms with E-state index in [1.165, 1.54) is 0 Å². The summed E-state index contributed by atoms with van der Waals surface area (Å²) in [5.74, 6) is 0. The second-order valence-corrected chi connectivity index (χ2v) is 2.64. The summed E-state index contributed by atoms with van der Waals surface area (Å²) >= 11 is 0. The molecule has 11 heavy (non-hydrogen) atoms. The van der Waals surface area contributed by atoms with Gasteiger partial charge in [-0.2, -0.15) is 0 Å². The zero-order valence-electron chi connectivity index (χ0n) is 7.82. The van der Waals surface area contributed by atoms with Gasteiger partial charge in [0.2, 0.25) is 0 Å². The van der Waals surface area contributed by atoms with Gasteiger partial charge in [-0.15, -0.1) is 0 Å². The molecule has 0 spiro atoms. The van der Waals surface area contributed by atoms with Crippen LogP contribution < -0.4 is 0 Å². The van der Waals surface area contributed by atoms with E-state index in [4.69, 9.17) is 4.74 Å². The van der Waals surface area contributed by atoms with Crippen molar-refractivity contribution in [3.63, 3.8) is 0 Å². The van der Waals surface area contributed by atoms with Crippen LogP contribution in [0.1, 0.15) is 40.0 Å². The van der Waals surface area contributed by atoms with Crippen molar-refractivity contribution in [3.05, 3.63) is 0 Å². The maximum atomic E-state index is 13.0. The van der Waals surface area contributed by atoms with Gasteiger partial charge in [-0.1, -0.05) is 13.8 Å². The molecule has 0 aromatic carbocycles. The van der Waals surface area contributed by atoms with E-state index in [9.17, 15) is 4.39 Å². The standard InChI is InChI=1S/C7H13FO.C2H6/c1-2-9-6-7(8)4-3-5-7;1-2/h2-6H2,1H3;1-2H3. The van der Waals surface area contributed by atoms with Crippen molar-refractivity contribution in [2.75, 3.05) is 13.2 Å². The molecule has 0 bridgehead atoms. The first-order chi connectivity index (χ1) is 5.27. The Kier molecular flexibility index (Phi) is 5.47. The van der Waals surface area contributed by atoms with E-state index < -0.39 is 5.67 Å². The van der Waals surface area contributed by atoms with Crippen LogP contribution in [0, 0.1) is 0 Å². The van der Waals surface area contributed by atoms with Gasteiger partial charge in [-0.05, 0) is 26.2 Å². The average molecular weight is 162 g/mol. The fourth-order valence-corrected chi connectivity index (χ4v) is 0.990. The topological polar surface area (TPSA) is 9.23 Å². The van der Waals surface area contributed by atoms with Gasteiger partial charge < -0.3 is 4.74 Å². The van der Waals surface area contributed by atoms with Gasteiger partial charge in [0.15, 0.2) is 0 Å². The summed E-state index contributed by atoms with van der Waals surface area (Å²) in [5.41, 5.74) is -0.948. The summed E-state index contributed by atoms with van der Waals surface area (Å²) in [7, 11) is 0. The van der Waals surface area contributed by atoms with Crippen molar-refractivity contribution in [2.24, 2.45) is 0 Å². The highest BCUT2D eigenvalue weighted by molar-refractivity contribution is 4.87. The Morgan fingerprint density at radius 3 is 2.18 bits per heavy atom. The van der Waals surface area contributed by atoms with Crippen molar-refractivity contribution in [3.8, 4) is 0 Å². The van der Waals surface area contributed by atoms with E-state index in [0.29, 0.717) is 26.1 Å². The van der Waals surface area contributed by atoms with Crippen LogP contribution in [-0.4, -0.2) is 18.9 Å². The Morgan fingerprint density at radius 1 is 1.36 bits per heavy atom. The van der Waals surface area contributed by atoms with Crippen molar-refractivity contribution >= 4 is 0 Å². The molecule has 1 saturated carbocycles. The first-order valence-electron chi connectivity index (χ1n) is 4.53. The largest absolute Gasteiger partial charge is 0.378 e. The quantitative estimate of drug-likeness (QED) is 0.620. The first-order valence-corrected chi connectivity index (χ1v) is 4.53. The first kappa shape index (κ1) is 10.9. The Bertz CT molecular complexity index is 89.6. The zero-order chi connectivity index (χ0) is 8.74. The van der Waals surface area contributed by atoms with Gasteiger partial charge in [-0.3, -0.25) is 0 Å². The molecule has 1 aliphatic rings. The number of halogens is 1. The molecule has 0 unspecified atom stereocenters. The molecule has 0 aliphatic heterocycles. The minimum atomic E-state index is -0.948. The van der Waals surface area contributed by atoms with Gasteiger partial charge in [0.1, 0.15) is 5.67 Å². The molecule has 0 amide bonds. The van der Waals surface area contributed by atoms with E-state index in [2.05, 4.69) is 0 Å². The summed E-state index contributed by atoms with van der Waals surface area (Å²) in [5, 5.41) is 0. The molecule has 0 radical (unpaired) electrons. The van der Waals surface area contributed by atoms with Crippen LogP contribution in [0.4, 0.5) is 4.39 Å². The highest BCUT2D eigenvalue weighted by Crippen LogP contribution is 2.35. The Labute approximate surface area is 68.9 Å². The predicted molar refractivity (Wildman–Crippen MR) is 45.5 cm³/mol. The van der Waals surface area contributed by atoms with E-state index in [1.54, 1.807) is 0 Å². The Balaban J connectivity index is 0.000000461. The lowest BCUT2D eigenvalue weighted by Crippen LogP contribution is -2.36. The molecule has 0 N–H and O–H groups in total. The van der Waals surface area contributed by atoms with Gasteiger partial charge in [0.05, 0.1) is 6.61 Å². The molecule has 0 heterocycles. The Hall–Kier alpha value is -0.110. The SMILES string of the molecule is CC.CCOCC1(F)CCC1. The number of hydrogen-bond donors (Lipinski definition) is 0. The molecular formula is C9H19FO. The third kappa shape index (κ3) is 3.71. The lowest BCUT2D eigenvalue weighted by Gasteiger charge is -2.33. The molecule has 2 heteroatoms. The second kappa shape index (κ2) is 5.53. The Morgan fingerprint density at radius 2 is 1.91 bits per heavy atom. The summed E-state index contributed by atoms with van der Waals surface area (Å²) in [6.07, 6.45) is 2.43. The van der Waals surface area contributed by atoms with Crippen LogP contribution in [0.2, 0.25) is 0 Å². The lowest BCUT2D eigenvalue weighted by molar-refractivity contribution is -0.0305. The van der Waals surface area contributed by atoms with Gasteiger partial charge in [-0.25, -0.2) is 4.39 Å². The molecule has 0 aromatic heterocycles. The van der Waals surface area contributed by atoms with Gasteiger partial charge in [0.25, 0.3) is 0 Å². The molecule has 68 valence electrons. The van der Waals surface area contributed by atoms with Crippen LogP contribution in [0.15, 0.2) is 0 Å². The minimum Gasteiger partial charge on any atom is -0.378 e. The number of rotatable bonds is 3. The molecule has 1 rings (SSSR count). The number of hydrogen-bond acceptors (Lipinski definition) is 1. The van der Waals surface area contributed by atoms with E-state index in [1.807, 2.05) is 20.8 Å². The summed E-state index contributed by atoms with van der Waals surface area (Å²) < 4.78 is 17.9. The number of ether oxygens (including phenoxy) is 1. The lowest BCUT2D eigenvalue weighted by atomic mass is 9.83. The average Bonchev–Trinajstić information content (AvgIpc) is 2.01. The summed E-state index contributed by atoms with van der Waals surface area (Å²) in [6, 6.07) is 0. The second-order valence-electron chi connectivity index (χ2n) is 2.64. The van der Waals surface area contributed by atoms with Gasteiger partial charge >= 0.3 is 0 Å². The number of alkyl halides is 1. The molecule has 1 aliphatic carbocycles. The van der Waals surface area contributed by atoms with Crippen molar-refractivity contribution in [1.29, 1.82) is 0 Å². The molecule has 0 atom stereocenters. The summed E-state index contributed by atoms with van der Waals surface area (Å²) in [4.78, 5) is 0. The molecule has 0 saturated heterocycles. The zero-order valence-corrected chi connectivity index (χ0v) is 7.82. The third-order valence-electron chi connectivity index (χ3n) is 1.81. The smallest absolute Gasteiger partial charge is 0.134 e. The van der Waals surface area contributed by atoms with E-state index >= 15 is 0 Å². The minimum absolute atomic E-state index is 0.309. The molecule has 0 aromatic rings. The van der Waals surface area contributed by atoms with Crippen LogP contribution in [-0.2, 0) is 4.74 Å². The maximum absolute atomic E-state index is 13.0. The normalized spacial score (nSPS) is 19.6. The van der Waals surface area contributed by atoms with Crippen LogP contribution in [0.3, 0.4) is 0 Å². The maximum Gasteiger partial charge on any atom is 0.134 e. The fourth-order valence-electron chi connectivity index (χ4n) is 0.990. The highest BCUT2D eigenvalue weighted by atomic mass is 19.1. The van der Waals surface area contributed by atoms with Crippen LogP contribution in [0.5, 0.6) is 0 Å². The highest BCUT2D eigenvalue weighted by Gasteiger charge is 2.36. The molecule has 1 nitrogen and oxygen atoms in total. The van der Waals surface area contributed by atoms with E-state index in [0.717, 1.165) is 6.42 Å². The van der Waals surface area contributed by atoms with Gasteiger partial charge in [0, 0.05) is 6.61 Å². The fraction of sp³-hybridized carbons (Fsp3) is 1.00. The predicted octanol–water partition coefficient (Wildman–Crippen LogP) is 2.94. The van der Waals surface area contributed by atoms with Crippen molar-refractivity contribution in [2.45, 2.75) is 45.7 Å². The summed E-state index contributed by atoms with van der Waals surface area (Å²) in [6.45, 7) is 6.83. The van der Waals surface area contributed by atoms with Crippen molar-refractivity contribution in [1.82, 2.24) is 0 Å². The van der Waals surface area contributed by atoms with E-state index in [-0.39, 0.29) is 0 Å². The monoisotopic (exact) mass is 162 g/mol. The molecular weight excluding hydrogens is 143 g/mol. The van der Waals surface area contributed by atoms with Crippen LogP contribution >= 0.6 is 0 Å². The molecule has 1 fully saturated rings. The van der Waals surface area contributed by atoms with Crippen LogP contribution in [0.25, 0.3) is 0 Å².